The first-order valence-electron chi connectivity index (χ1n) is 9.08. The summed E-state index contributed by atoms with van der Waals surface area (Å²) in [5, 5.41) is 4.49. The third-order valence-corrected chi connectivity index (χ3v) is 4.51. The maximum atomic E-state index is 13.1. The second-order valence-electron chi connectivity index (χ2n) is 6.71. The van der Waals surface area contributed by atoms with Gasteiger partial charge in [-0.25, -0.2) is 4.68 Å². The third-order valence-electron chi connectivity index (χ3n) is 4.51. The number of nitrogens with zero attached hydrogens (tertiary/aromatic N) is 3. The van der Waals surface area contributed by atoms with E-state index in [1.165, 1.54) is 0 Å². The molecule has 0 aliphatic heterocycles. The summed E-state index contributed by atoms with van der Waals surface area (Å²) < 4.78 is 12.7. The zero-order valence-electron chi connectivity index (χ0n) is 15.8. The first-order valence-corrected chi connectivity index (χ1v) is 9.08. The van der Waals surface area contributed by atoms with Gasteiger partial charge in [0.25, 0.3) is 5.91 Å². The molecule has 4 rings (SSSR count). The van der Waals surface area contributed by atoms with E-state index >= 15 is 0 Å². The van der Waals surface area contributed by atoms with E-state index < -0.39 is 0 Å². The van der Waals surface area contributed by atoms with Crippen LogP contribution in [0.15, 0.2) is 76.0 Å². The van der Waals surface area contributed by atoms with Gasteiger partial charge in [0.1, 0.15) is 11.5 Å². The normalized spacial score (nSPS) is 10.9. The van der Waals surface area contributed by atoms with Crippen molar-refractivity contribution in [3.63, 3.8) is 0 Å². The fourth-order valence-electron chi connectivity index (χ4n) is 3.20. The van der Waals surface area contributed by atoms with Gasteiger partial charge in [0, 0.05) is 11.3 Å². The lowest BCUT2D eigenvalue weighted by molar-refractivity contribution is 0.0705. The fourth-order valence-corrected chi connectivity index (χ4v) is 3.20. The van der Waals surface area contributed by atoms with Gasteiger partial charge >= 0.3 is 0 Å². The molecule has 0 fully saturated rings. The Kier molecular flexibility index (Phi) is 4.85. The van der Waals surface area contributed by atoms with Crippen LogP contribution < -0.4 is 0 Å². The summed E-state index contributed by atoms with van der Waals surface area (Å²) in [6.45, 7) is 4.70. The van der Waals surface area contributed by atoms with E-state index in [9.17, 15) is 4.79 Å². The first-order chi connectivity index (χ1) is 13.6. The number of rotatable bonds is 6. The van der Waals surface area contributed by atoms with Gasteiger partial charge in [0.05, 0.1) is 37.0 Å². The van der Waals surface area contributed by atoms with Crippen molar-refractivity contribution >= 4 is 5.91 Å². The highest BCUT2D eigenvalue weighted by atomic mass is 16.3. The van der Waals surface area contributed by atoms with Crippen LogP contribution in [0.2, 0.25) is 0 Å². The summed E-state index contributed by atoms with van der Waals surface area (Å²) in [6.07, 6.45) is 3.21. The number of hydrogen-bond donors (Lipinski definition) is 0. The van der Waals surface area contributed by atoms with Crippen LogP contribution in [0, 0.1) is 13.8 Å². The lowest BCUT2D eigenvalue weighted by atomic mass is 10.1. The second kappa shape index (κ2) is 7.60. The molecule has 0 unspecified atom stereocenters. The Labute approximate surface area is 163 Å². The Morgan fingerprint density at radius 2 is 1.57 bits per heavy atom. The van der Waals surface area contributed by atoms with Crippen LogP contribution in [0.4, 0.5) is 0 Å². The van der Waals surface area contributed by atoms with E-state index in [1.807, 2.05) is 73.1 Å². The molecule has 0 saturated carbocycles. The number of hydrogen-bond acceptors (Lipinski definition) is 4. The lowest BCUT2D eigenvalue weighted by Gasteiger charge is -2.21. The maximum Gasteiger partial charge on any atom is 0.254 e. The van der Waals surface area contributed by atoms with Crippen LogP contribution in [0.25, 0.3) is 5.69 Å². The largest absolute Gasteiger partial charge is 0.467 e. The molecular formula is C22H21N3O3. The highest BCUT2D eigenvalue weighted by molar-refractivity contribution is 5.94. The molecule has 142 valence electrons. The van der Waals surface area contributed by atoms with Crippen molar-refractivity contribution in [1.82, 2.24) is 14.7 Å². The van der Waals surface area contributed by atoms with E-state index in [1.54, 1.807) is 17.4 Å². The number of aryl methyl sites for hydroxylation is 2. The molecule has 3 heterocycles. The molecule has 1 aromatic carbocycles. The molecule has 0 atom stereocenters. The SMILES string of the molecule is Cc1cc(C)n(-c2ccc(C(=O)N(Cc3ccco3)Cc3ccco3)cc2)n1. The predicted octanol–water partition coefficient (Wildman–Crippen LogP) is 4.52. The van der Waals surface area contributed by atoms with E-state index in [0.717, 1.165) is 28.6 Å². The smallest absolute Gasteiger partial charge is 0.254 e. The second-order valence-corrected chi connectivity index (χ2v) is 6.71. The summed E-state index contributed by atoms with van der Waals surface area (Å²) in [5.74, 6) is 1.35. The monoisotopic (exact) mass is 375 g/mol. The fraction of sp³-hybridized carbons (Fsp3) is 0.182. The van der Waals surface area contributed by atoms with Gasteiger partial charge in [-0.1, -0.05) is 0 Å². The van der Waals surface area contributed by atoms with Gasteiger partial charge in [-0.3, -0.25) is 4.79 Å². The van der Waals surface area contributed by atoms with Crippen LogP contribution in [0.3, 0.4) is 0 Å². The molecule has 0 bridgehead atoms. The molecule has 0 spiro atoms. The highest BCUT2D eigenvalue weighted by Crippen LogP contribution is 2.18. The number of aromatic nitrogens is 2. The predicted molar refractivity (Wildman–Crippen MR) is 104 cm³/mol. The summed E-state index contributed by atoms with van der Waals surface area (Å²) >= 11 is 0. The zero-order chi connectivity index (χ0) is 19.5. The molecule has 6 nitrogen and oxygen atoms in total. The molecule has 28 heavy (non-hydrogen) atoms. The summed E-state index contributed by atoms with van der Waals surface area (Å²) in [6, 6.07) is 16.8. The molecule has 1 amide bonds. The van der Waals surface area contributed by atoms with Crippen LogP contribution in [-0.4, -0.2) is 20.6 Å². The molecule has 6 heteroatoms. The minimum atomic E-state index is -0.0901. The average Bonchev–Trinajstić information content (AvgIpc) is 3.44. The van der Waals surface area contributed by atoms with Gasteiger partial charge in [0.15, 0.2) is 0 Å². The molecular weight excluding hydrogens is 354 g/mol. The van der Waals surface area contributed by atoms with Crippen molar-refractivity contribution in [3.8, 4) is 5.69 Å². The average molecular weight is 375 g/mol. The summed E-state index contributed by atoms with van der Waals surface area (Å²) in [4.78, 5) is 14.8. The molecule has 0 saturated heterocycles. The number of furan rings is 2. The Balaban J connectivity index is 1.57. The molecule has 0 N–H and O–H groups in total. The van der Waals surface area contributed by atoms with Crippen molar-refractivity contribution in [2.24, 2.45) is 0 Å². The lowest BCUT2D eigenvalue weighted by Crippen LogP contribution is -2.29. The highest BCUT2D eigenvalue weighted by Gasteiger charge is 2.19. The molecule has 3 aromatic heterocycles. The molecule has 0 aliphatic rings. The Morgan fingerprint density at radius 1 is 0.964 bits per heavy atom. The van der Waals surface area contributed by atoms with E-state index in [4.69, 9.17) is 8.83 Å². The maximum absolute atomic E-state index is 13.1. The van der Waals surface area contributed by atoms with E-state index in [0.29, 0.717) is 18.7 Å². The van der Waals surface area contributed by atoms with Crippen molar-refractivity contribution < 1.29 is 13.6 Å². The van der Waals surface area contributed by atoms with Crippen LogP contribution in [-0.2, 0) is 13.1 Å². The van der Waals surface area contributed by atoms with Crippen molar-refractivity contribution in [1.29, 1.82) is 0 Å². The Bertz CT molecular complexity index is 1010. The van der Waals surface area contributed by atoms with Gasteiger partial charge in [-0.2, -0.15) is 5.10 Å². The van der Waals surface area contributed by atoms with Gasteiger partial charge in [0.2, 0.25) is 0 Å². The number of amides is 1. The zero-order valence-corrected chi connectivity index (χ0v) is 15.8. The minimum Gasteiger partial charge on any atom is -0.467 e. The van der Waals surface area contributed by atoms with Crippen molar-refractivity contribution in [2.75, 3.05) is 0 Å². The standard InChI is InChI=1S/C22H21N3O3/c1-16-13-17(2)25(23-16)19-9-7-18(8-10-19)22(26)24(14-20-5-3-11-27-20)15-21-6-4-12-28-21/h3-13H,14-15H2,1-2H3. The number of benzene rings is 1. The number of carbonyl (C=O) groups excluding carboxylic acids is 1. The summed E-state index contributed by atoms with van der Waals surface area (Å²) in [5.41, 5.74) is 3.53. The molecule has 0 aliphatic carbocycles. The van der Waals surface area contributed by atoms with Gasteiger partial charge in [-0.05, 0) is 68.4 Å². The van der Waals surface area contributed by atoms with Crippen LogP contribution in [0.5, 0.6) is 0 Å². The Hall–Kier alpha value is -3.54. The van der Waals surface area contributed by atoms with Crippen molar-refractivity contribution in [3.05, 3.63) is 95.6 Å². The Morgan fingerprint density at radius 3 is 2.04 bits per heavy atom. The van der Waals surface area contributed by atoms with Crippen LogP contribution >= 0.6 is 0 Å². The van der Waals surface area contributed by atoms with Gasteiger partial charge in [-0.15, -0.1) is 0 Å². The van der Waals surface area contributed by atoms with Gasteiger partial charge < -0.3 is 13.7 Å². The first kappa shape index (κ1) is 17.9. The summed E-state index contributed by atoms with van der Waals surface area (Å²) in [7, 11) is 0. The van der Waals surface area contributed by atoms with Crippen molar-refractivity contribution in [2.45, 2.75) is 26.9 Å². The molecule has 4 aromatic rings. The topological polar surface area (TPSA) is 64.4 Å². The van der Waals surface area contributed by atoms with Crippen LogP contribution in [0.1, 0.15) is 33.3 Å². The number of carbonyl (C=O) groups is 1. The third kappa shape index (κ3) is 3.76. The quantitative estimate of drug-likeness (QED) is 0.497. The minimum absolute atomic E-state index is 0.0901. The molecule has 0 radical (unpaired) electrons. The van der Waals surface area contributed by atoms with E-state index in [2.05, 4.69) is 5.10 Å². The van der Waals surface area contributed by atoms with E-state index in [-0.39, 0.29) is 5.91 Å².